The Labute approximate surface area is 164 Å². The minimum absolute atomic E-state index is 0.0249. The van der Waals surface area contributed by atoms with Crippen molar-refractivity contribution in [2.75, 3.05) is 26.0 Å². The number of carbonyl (C=O) groups is 1. The topological polar surface area (TPSA) is 93.9 Å². The Bertz CT molecular complexity index is 889. The second kappa shape index (κ2) is 9.24. The van der Waals surface area contributed by atoms with Gasteiger partial charge in [-0.2, -0.15) is 0 Å². The number of halogens is 3. The lowest BCUT2D eigenvalue weighted by Crippen LogP contribution is -2.30. The molecule has 0 aliphatic heterocycles. The molecule has 2 aromatic rings. The number of amides is 1. The molecule has 0 aliphatic carbocycles. The zero-order valence-corrected chi connectivity index (χ0v) is 15.5. The molecule has 0 bridgehead atoms. The molecule has 11 heteroatoms. The van der Waals surface area contributed by atoms with Crippen molar-refractivity contribution < 1.29 is 32.4 Å². The van der Waals surface area contributed by atoms with Gasteiger partial charge in [0.2, 0.25) is 5.91 Å². The third-order valence-corrected chi connectivity index (χ3v) is 3.72. The number of likely N-dealkylation sites (N-methyl/N-ethyl adjacent to an activating group) is 1. The first kappa shape index (κ1) is 22.0. The standard InChI is InChI=1S/C18H18F3N3O5/c1-23(10-12-5-3-4-6-15(12)29-18(19,20)21)11-17(25)22-14-8-7-13(24(26)27)9-16(14)28-2/h3-9H,10-11H2,1-2H3,(H,22,25). The summed E-state index contributed by atoms with van der Waals surface area (Å²) in [5, 5.41) is 13.4. The van der Waals surface area contributed by atoms with Gasteiger partial charge in [0.15, 0.2) is 0 Å². The molecule has 2 aromatic carbocycles. The third kappa shape index (κ3) is 6.64. The summed E-state index contributed by atoms with van der Waals surface area (Å²) >= 11 is 0. The molecular formula is C18H18F3N3O5. The van der Waals surface area contributed by atoms with Gasteiger partial charge in [0.1, 0.15) is 11.5 Å². The Morgan fingerprint density at radius 2 is 1.90 bits per heavy atom. The molecule has 0 aromatic heterocycles. The van der Waals surface area contributed by atoms with Crippen LogP contribution in [-0.2, 0) is 11.3 Å². The van der Waals surface area contributed by atoms with Crippen molar-refractivity contribution >= 4 is 17.3 Å². The quantitative estimate of drug-likeness (QED) is 0.525. The summed E-state index contributed by atoms with van der Waals surface area (Å²) in [5.41, 5.74) is 0.295. The first-order valence-corrected chi connectivity index (χ1v) is 8.23. The number of nitro benzene ring substituents is 1. The van der Waals surface area contributed by atoms with E-state index in [4.69, 9.17) is 4.74 Å². The lowest BCUT2D eigenvalue weighted by molar-refractivity contribution is -0.384. The summed E-state index contributed by atoms with van der Waals surface area (Å²) < 4.78 is 46.6. The van der Waals surface area contributed by atoms with Gasteiger partial charge in [-0.25, -0.2) is 0 Å². The summed E-state index contributed by atoms with van der Waals surface area (Å²) in [7, 11) is 2.86. The van der Waals surface area contributed by atoms with Crippen LogP contribution in [0.3, 0.4) is 0 Å². The van der Waals surface area contributed by atoms with Crippen molar-refractivity contribution in [1.29, 1.82) is 0 Å². The summed E-state index contributed by atoms with van der Waals surface area (Å²) in [5.74, 6) is -0.711. The number of alkyl halides is 3. The van der Waals surface area contributed by atoms with Crippen LogP contribution in [0.2, 0.25) is 0 Å². The molecular weight excluding hydrogens is 395 g/mol. The van der Waals surface area contributed by atoms with E-state index in [-0.39, 0.29) is 41.5 Å². The Morgan fingerprint density at radius 3 is 2.52 bits per heavy atom. The molecule has 29 heavy (non-hydrogen) atoms. The van der Waals surface area contributed by atoms with E-state index >= 15 is 0 Å². The second-order valence-electron chi connectivity index (χ2n) is 6.02. The normalized spacial score (nSPS) is 11.2. The number of benzene rings is 2. The van der Waals surface area contributed by atoms with Crippen LogP contribution in [0.4, 0.5) is 24.5 Å². The van der Waals surface area contributed by atoms with Gasteiger partial charge in [-0.05, 0) is 19.2 Å². The fourth-order valence-electron chi connectivity index (χ4n) is 2.54. The number of anilines is 1. The molecule has 0 saturated carbocycles. The van der Waals surface area contributed by atoms with Gasteiger partial charge < -0.3 is 14.8 Å². The number of methoxy groups -OCH3 is 1. The predicted molar refractivity (Wildman–Crippen MR) is 97.7 cm³/mol. The van der Waals surface area contributed by atoms with Crippen LogP contribution in [0, 0.1) is 10.1 Å². The zero-order chi connectivity index (χ0) is 21.6. The molecule has 0 spiro atoms. The maximum atomic E-state index is 12.5. The number of hydrogen-bond donors (Lipinski definition) is 1. The highest BCUT2D eigenvalue weighted by molar-refractivity contribution is 5.93. The average Bonchev–Trinajstić information content (AvgIpc) is 2.62. The van der Waals surface area contributed by atoms with Gasteiger partial charge in [0, 0.05) is 18.2 Å². The summed E-state index contributed by atoms with van der Waals surface area (Å²) in [4.78, 5) is 24.0. The minimum Gasteiger partial charge on any atom is -0.494 e. The molecule has 0 aliphatic rings. The Kier molecular flexibility index (Phi) is 6.99. The summed E-state index contributed by atoms with van der Waals surface area (Å²) in [6.07, 6.45) is -4.82. The Balaban J connectivity index is 2.03. The van der Waals surface area contributed by atoms with Gasteiger partial charge in [-0.3, -0.25) is 19.8 Å². The molecule has 0 unspecified atom stereocenters. The lowest BCUT2D eigenvalue weighted by atomic mass is 10.2. The molecule has 156 valence electrons. The molecule has 1 amide bonds. The predicted octanol–water partition coefficient (Wildman–Crippen LogP) is 3.57. The van der Waals surface area contributed by atoms with Crippen LogP contribution >= 0.6 is 0 Å². The number of nitro groups is 1. The van der Waals surface area contributed by atoms with E-state index in [1.165, 1.54) is 48.4 Å². The first-order chi connectivity index (χ1) is 13.6. The van der Waals surface area contributed by atoms with Crippen LogP contribution in [-0.4, -0.2) is 42.8 Å². The number of nitrogens with zero attached hydrogens (tertiary/aromatic N) is 2. The van der Waals surface area contributed by atoms with E-state index < -0.39 is 17.2 Å². The van der Waals surface area contributed by atoms with E-state index in [9.17, 15) is 28.1 Å². The van der Waals surface area contributed by atoms with Crippen LogP contribution in [0.5, 0.6) is 11.5 Å². The van der Waals surface area contributed by atoms with E-state index in [0.29, 0.717) is 0 Å². The molecule has 1 N–H and O–H groups in total. The van der Waals surface area contributed by atoms with Gasteiger partial charge in [-0.15, -0.1) is 13.2 Å². The van der Waals surface area contributed by atoms with Crippen LogP contribution in [0.15, 0.2) is 42.5 Å². The van der Waals surface area contributed by atoms with Crippen LogP contribution in [0.1, 0.15) is 5.56 Å². The maximum absolute atomic E-state index is 12.5. The average molecular weight is 413 g/mol. The second-order valence-corrected chi connectivity index (χ2v) is 6.02. The molecule has 2 rings (SSSR count). The van der Waals surface area contributed by atoms with Gasteiger partial charge in [-0.1, -0.05) is 18.2 Å². The third-order valence-electron chi connectivity index (χ3n) is 3.72. The van der Waals surface area contributed by atoms with Gasteiger partial charge >= 0.3 is 6.36 Å². The fraction of sp³-hybridized carbons (Fsp3) is 0.278. The van der Waals surface area contributed by atoms with Crippen LogP contribution in [0.25, 0.3) is 0 Å². The van der Waals surface area contributed by atoms with E-state index in [0.717, 1.165) is 0 Å². The SMILES string of the molecule is COc1cc([N+](=O)[O-])ccc1NC(=O)CN(C)Cc1ccccc1OC(F)(F)F. The Morgan fingerprint density at radius 1 is 1.21 bits per heavy atom. The minimum atomic E-state index is -4.82. The van der Waals surface area contributed by atoms with E-state index in [1.54, 1.807) is 13.1 Å². The summed E-state index contributed by atoms with van der Waals surface area (Å²) in [6.45, 7) is -0.127. The monoisotopic (exact) mass is 413 g/mol. The molecule has 0 radical (unpaired) electrons. The number of hydrogen-bond acceptors (Lipinski definition) is 6. The van der Waals surface area contributed by atoms with E-state index in [2.05, 4.69) is 10.1 Å². The van der Waals surface area contributed by atoms with Crippen molar-refractivity contribution in [3.8, 4) is 11.5 Å². The number of carbonyl (C=O) groups excluding carboxylic acids is 1. The van der Waals surface area contributed by atoms with Crippen molar-refractivity contribution in [2.24, 2.45) is 0 Å². The first-order valence-electron chi connectivity index (χ1n) is 8.23. The van der Waals surface area contributed by atoms with Crippen molar-refractivity contribution in [3.63, 3.8) is 0 Å². The molecule has 0 heterocycles. The smallest absolute Gasteiger partial charge is 0.494 e. The van der Waals surface area contributed by atoms with Crippen molar-refractivity contribution in [3.05, 3.63) is 58.1 Å². The van der Waals surface area contributed by atoms with Gasteiger partial charge in [0.25, 0.3) is 5.69 Å². The number of non-ortho nitro benzene ring substituents is 1. The maximum Gasteiger partial charge on any atom is 0.573 e. The molecule has 0 fully saturated rings. The number of rotatable bonds is 8. The lowest BCUT2D eigenvalue weighted by Gasteiger charge is -2.19. The summed E-state index contributed by atoms with van der Waals surface area (Å²) in [6, 6.07) is 9.36. The molecule has 8 nitrogen and oxygen atoms in total. The van der Waals surface area contributed by atoms with Crippen LogP contribution < -0.4 is 14.8 Å². The highest BCUT2D eigenvalue weighted by Crippen LogP contribution is 2.29. The van der Waals surface area contributed by atoms with Gasteiger partial charge in [0.05, 0.1) is 30.3 Å². The zero-order valence-electron chi connectivity index (χ0n) is 15.5. The number of nitrogens with one attached hydrogen (secondary N) is 1. The molecule has 0 atom stereocenters. The highest BCUT2D eigenvalue weighted by atomic mass is 19.4. The fourth-order valence-corrected chi connectivity index (χ4v) is 2.54. The van der Waals surface area contributed by atoms with Crippen molar-refractivity contribution in [1.82, 2.24) is 4.90 Å². The number of ether oxygens (including phenoxy) is 2. The molecule has 0 saturated heterocycles. The van der Waals surface area contributed by atoms with E-state index in [1.807, 2.05) is 0 Å². The largest absolute Gasteiger partial charge is 0.573 e. The van der Waals surface area contributed by atoms with Crippen molar-refractivity contribution in [2.45, 2.75) is 12.9 Å². The Hall–Kier alpha value is -3.34. The number of para-hydroxylation sites is 1. The highest BCUT2D eigenvalue weighted by Gasteiger charge is 2.32.